The Balaban J connectivity index is 1.03. The molecule has 2 heterocycles. The first-order valence-corrected chi connectivity index (χ1v) is 27.1. The van der Waals surface area contributed by atoms with E-state index in [-0.39, 0.29) is 0 Å². The number of benzene rings is 14. The summed E-state index contributed by atoms with van der Waals surface area (Å²) in [6, 6.07) is 95.4. The molecule has 2 aromatic heterocycles. The molecule has 0 bridgehead atoms. The second-order valence-corrected chi connectivity index (χ2v) is 21.8. The third-order valence-electron chi connectivity index (χ3n) is 15.8. The molecule has 0 aliphatic carbocycles. The van der Waals surface area contributed by atoms with Crippen LogP contribution < -0.4 is 0 Å². The van der Waals surface area contributed by atoms with Crippen LogP contribution in [-0.2, 0) is 0 Å². The van der Waals surface area contributed by atoms with E-state index in [1.54, 1.807) is 0 Å². The monoisotopic (exact) mass is 970 g/mol. The van der Waals surface area contributed by atoms with E-state index in [1.165, 1.54) is 161 Å². The lowest BCUT2D eigenvalue weighted by Gasteiger charge is -2.20. The first-order valence-electron chi connectivity index (χ1n) is 25.5. The summed E-state index contributed by atoms with van der Waals surface area (Å²) in [7, 11) is 0. The molecule has 14 aromatic carbocycles. The van der Waals surface area contributed by atoms with Gasteiger partial charge in [0.15, 0.2) is 0 Å². The van der Waals surface area contributed by atoms with Crippen LogP contribution in [0.5, 0.6) is 0 Å². The Morgan fingerprint density at radius 1 is 0.203 bits per heavy atom. The number of hydrogen-bond donors (Lipinski definition) is 0. The summed E-state index contributed by atoms with van der Waals surface area (Å²) in [5.41, 5.74) is 12.6. The minimum Gasteiger partial charge on any atom is -0.135 e. The number of rotatable bonds is 5. The van der Waals surface area contributed by atoms with Crippen molar-refractivity contribution in [2.75, 3.05) is 0 Å². The quantitative estimate of drug-likeness (QED) is 0.151. The van der Waals surface area contributed by atoms with Crippen LogP contribution in [0.3, 0.4) is 0 Å². The molecular weight excluding hydrogens is 929 g/mol. The van der Waals surface area contributed by atoms with Gasteiger partial charge in [0.05, 0.1) is 0 Å². The normalized spacial score (nSPS) is 12.1. The summed E-state index contributed by atoms with van der Waals surface area (Å²) >= 11 is 3.87. The first-order chi connectivity index (χ1) is 36.8. The van der Waals surface area contributed by atoms with Crippen LogP contribution in [0, 0.1) is 0 Å². The standard InChI is InChI=1S/C72H42S2/c1-3-21-43(22-4-1)64-49-27-9-13-31-53(49)67(54-32-14-10-28-50(54)64)57-40-39-48(46-25-7-8-26-47(46)57)60-41-45-42-61(68-55-33-15-11-29-51(55)65(44-23-5-2-6-24-44)52-30-12-16-34-56(52)68)72-70(59-36-18-20-38-63(59)74-72)66(45)69-58-35-17-19-37-62(58)73-71(60)69/h1-42H. The van der Waals surface area contributed by atoms with Gasteiger partial charge in [-0.3, -0.25) is 0 Å². The lowest BCUT2D eigenvalue weighted by molar-refractivity contribution is 1.66. The fourth-order valence-electron chi connectivity index (χ4n) is 12.8. The molecule has 2 heteroatoms. The van der Waals surface area contributed by atoms with Gasteiger partial charge in [0.1, 0.15) is 0 Å². The van der Waals surface area contributed by atoms with Gasteiger partial charge in [-0.25, -0.2) is 0 Å². The fraction of sp³-hybridized carbons (Fsp3) is 0. The van der Waals surface area contributed by atoms with E-state index in [4.69, 9.17) is 0 Å². The highest BCUT2D eigenvalue weighted by atomic mass is 32.1. The molecular formula is C72H42S2. The minimum absolute atomic E-state index is 1.23. The van der Waals surface area contributed by atoms with Crippen molar-refractivity contribution in [2.45, 2.75) is 0 Å². The summed E-state index contributed by atoms with van der Waals surface area (Å²) in [5, 5.41) is 20.5. The van der Waals surface area contributed by atoms with Crippen LogP contribution in [0.15, 0.2) is 255 Å². The van der Waals surface area contributed by atoms with Crippen LogP contribution in [0.25, 0.3) is 161 Å². The molecule has 16 aromatic rings. The fourth-order valence-corrected chi connectivity index (χ4v) is 15.3. The van der Waals surface area contributed by atoms with Crippen LogP contribution in [0.1, 0.15) is 0 Å². The average molecular weight is 971 g/mol. The summed E-state index contributed by atoms with van der Waals surface area (Å²) in [6.45, 7) is 0. The van der Waals surface area contributed by atoms with Crippen molar-refractivity contribution in [3.8, 4) is 55.6 Å². The number of hydrogen-bond acceptors (Lipinski definition) is 2. The molecule has 0 N–H and O–H groups in total. The second-order valence-electron chi connectivity index (χ2n) is 19.7. The summed E-state index contributed by atoms with van der Waals surface area (Å²) in [5.74, 6) is 0. The maximum Gasteiger partial charge on any atom is 0.0440 e. The molecule has 16 rings (SSSR count). The van der Waals surface area contributed by atoms with Crippen molar-refractivity contribution in [1.29, 1.82) is 0 Å². The van der Waals surface area contributed by atoms with Gasteiger partial charge in [0, 0.05) is 56.9 Å². The van der Waals surface area contributed by atoms with Crippen LogP contribution in [0.2, 0.25) is 0 Å². The third kappa shape index (κ3) is 6.01. The second kappa shape index (κ2) is 16.3. The third-order valence-corrected chi connectivity index (χ3v) is 18.2. The SMILES string of the molecule is c1ccc(-c2c3ccccc3c(-c3ccc(-c4cc5cc(-c6c7ccccc7c(-c7ccccc7)c7ccccc67)c6sc7ccccc7c6c5c5c4sc4ccccc45)c4ccccc34)c3ccccc23)cc1. The molecule has 0 aliphatic heterocycles. The average Bonchev–Trinajstić information content (AvgIpc) is 4.06. The molecule has 0 amide bonds. The lowest BCUT2D eigenvalue weighted by Crippen LogP contribution is -1.93. The Bertz CT molecular complexity index is 4880. The van der Waals surface area contributed by atoms with Crippen molar-refractivity contribution >= 4 is 128 Å². The van der Waals surface area contributed by atoms with E-state index in [9.17, 15) is 0 Å². The molecule has 0 saturated heterocycles. The molecule has 0 unspecified atom stereocenters. The number of fused-ring (bicyclic) bond motifs is 14. The van der Waals surface area contributed by atoms with Gasteiger partial charge in [-0.2, -0.15) is 0 Å². The van der Waals surface area contributed by atoms with Gasteiger partial charge in [0.25, 0.3) is 0 Å². The summed E-state index contributed by atoms with van der Waals surface area (Å²) in [6.07, 6.45) is 0. The van der Waals surface area contributed by atoms with Gasteiger partial charge in [-0.15, -0.1) is 22.7 Å². The zero-order chi connectivity index (χ0) is 48.4. The first kappa shape index (κ1) is 41.7. The van der Waals surface area contributed by atoms with Crippen molar-refractivity contribution < 1.29 is 0 Å². The zero-order valence-electron chi connectivity index (χ0n) is 40.1. The Labute approximate surface area is 435 Å². The molecule has 342 valence electrons. The van der Waals surface area contributed by atoms with E-state index < -0.39 is 0 Å². The maximum absolute atomic E-state index is 2.56. The highest BCUT2D eigenvalue weighted by molar-refractivity contribution is 7.27. The Morgan fingerprint density at radius 3 is 0.959 bits per heavy atom. The van der Waals surface area contributed by atoms with Gasteiger partial charge in [0.2, 0.25) is 0 Å². The predicted molar refractivity (Wildman–Crippen MR) is 324 cm³/mol. The summed E-state index contributed by atoms with van der Waals surface area (Å²) < 4.78 is 5.27. The van der Waals surface area contributed by atoms with E-state index in [2.05, 4.69) is 255 Å². The van der Waals surface area contributed by atoms with Crippen LogP contribution >= 0.6 is 22.7 Å². The highest BCUT2D eigenvalue weighted by Crippen LogP contribution is 2.55. The van der Waals surface area contributed by atoms with Gasteiger partial charge < -0.3 is 0 Å². The smallest absolute Gasteiger partial charge is 0.0440 e. The van der Waals surface area contributed by atoms with E-state index >= 15 is 0 Å². The Morgan fingerprint density at radius 2 is 0.514 bits per heavy atom. The predicted octanol–water partition coefficient (Wildman–Crippen LogP) is 21.7. The van der Waals surface area contributed by atoms with Gasteiger partial charge in [-0.1, -0.05) is 231 Å². The molecule has 0 radical (unpaired) electrons. The van der Waals surface area contributed by atoms with Gasteiger partial charge in [-0.05, 0) is 128 Å². The lowest BCUT2D eigenvalue weighted by atomic mass is 9.83. The molecule has 0 fully saturated rings. The van der Waals surface area contributed by atoms with Crippen molar-refractivity contribution in [3.05, 3.63) is 255 Å². The summed E-state index contributed by atoms with van der Waals surface area (Å²) in [4.78, 5) is 0. The Hall–Kier alpha value is -8.92. The molecule has 74 heavy (non-hydrogen) atoms. The van der Waals surface area contributed by atoms with Crippen molar-refractivity contribution in [2.24, 2.45) is 0 Å². The molecule has 0 saturated carbocycles. The van der Waals surface area contributed by atoms with Crippen molar-refractivity contribution in [3.63, 3.8) is 0 Å². The number of thiophene rings is 2. The van der Waals surface area contributed by atoms with E-state index in [0.29, 0.717) is 0 Å². The maximum atomic E-state index is 2.56. The molecule has 0 atom stereocenters. The highest BCUT2D eigenvalue weighted by Gasteiger charge is 2.26. The topological polar surface area (TPSA) is 0 Å². The van der Waals surface area contributed by atoms with Gasteiger partial charge >= 0.3 is 0 Å². The van der Waals surface area contributed by atoms with E-state index in [1.807, 2.05) is 22.7 Å². The van der Waals surface area contributed by atoms with E-state index in [0.717, 1.165) is 0 Å². The van der Waals surface area contributed by atoms with Crippen LogP contribution in [-0.4, -0.2) is 0 Å². The van der Waals surface area contributed by atoms with Crippen molar-refractivity contribution in [1.82, 2.24) is 0 Å². The Kier molecular flexibility index (Phi) is 9.18. The largest absolute Gasteiger partial charge is 0.135 e. The molecule has 0 nitrogen and oxygen atoms in total. The minimum atomic E-state index is 1.23. The molecule has 0 spiro atoms. The van der Waals surface area contributed by atoms with Crippen LogP contribution in [0.4, 0.5) is 0 Å². The molecule has 0 aliphatic rings. The zero-order valence-corrected chi connectivity index (χ0v) is 41.7.